The second kappa shape index (κ2) is 6.62. The quantitative estimate of drug-likeness (QED) is 0.699. The van der Waals surface area contributed by atoms with E-state index in [0.29, 0.717) is 23.3 Å². The van der Waals surface area contributed by atoms with Crippen molar-refractivity contribution in [2.45, 2.75) is 13.5 Å². The highest BCUT2D eigenvalue weighted by atomic mass is 35.5. The zero-order valence-corrected chi connectivity index (χ0v) is 13.0. The highest BCUT2D eigenvalue weighted by Gasteiger charge is 2.14. The van der Waals surface area contributed by atoms with E-state index in [-0.39, 0.29) is 0 Å². The molecule has 1 heterocycles. The van der Waals surface area contributed by atoms with Crippen LogP contribution in [-0.4, -0.2) is 16.7 Å². The average molecular weight is 314 g/mol. The van der Waals surface area contributed by atoms with Gasteiger partial charge in [0.25, 0.3) is 0 Å². The van der Waals surface area contributed by atoms with Gasteiger partial charge in [0, 0.05) is 12.2 Å². The topological polar surface area (TPSA) is 42.2 Å². The number of nitrogens with zero attached hydrogens (tertiary/aromatic N) is 3. The predicted molar refractivity (Wildman–Crippen MR) is 87.9 cm³/mol. The monoisotopic (exact) mass is 313 g/mol. The number of hydrogen-bond donors (Lipinski definition) is 0. The number of anilines is 1. The van der Waals surface area contributed by atoms with E-state index in [4.69, 9.17) is 16.0 Å². The first-order valence-electron chi connectivity index (χ1n) is 7.15. The lowest BCUT2D eigenvalue weighted by molar-refractivity contribution is 0.499. The zero-order chi connectivity index (χ0) is 15.4. The van der Waals surface area contributed by atoms with E-state index in [2.05, 4.69) is 34.2 Å². The third-order valence-electron chi connectivity index (χ3n) is 3.40. The Hall–Kier alpha value is -2.33. The van der Waals surface area contributed by atoms with E-state index in [1.54, 1.807) is 0 Å². The Labute approximate surface area is 134 Å². The Morgan fingerprint density at radius 3 is 2.45 bits per heavy atom. The van der Waals surface area contributed by atoms with Crippen LogP contribution in [0.25, 0.3) is 11.5 Å². The van der Waals surface area contributed by atoms with E-state index in [0.717, 1.165) is 17.8 Å². The van der Waals surface area contributed by atoms with E-state index in [1.165, 1.54) is 0 Å². The summed E-state index contributed by atoms with van der Waals surface area (Å²) >= 11 is 6.16. The van der Waals surface area contributed by atoms with Crippen LogP contribution in [0.3, 0.4) is 0 Å². The summed E-state index contributed by atoms with van der Waals surface area (Å²) in [5.41, 5.74) is 1.88. The van der Waals surface area contributed by atoms with Crippen molar-refractivity contribution in [3.05, 3.63) is 65.5 Å². The van der Waals surface area contributed by atoms with Crippen LogP contribution in [0.5, 0.6) is 0 Å². The molecule has 0 saturated carbocycles. The molecule has 0 fully saturated rings. The molecule has 4 nitrogen and oxygen atoms in total. The lowest BCUT2D eigenvalue weighted by Gasteiger charge is -2.20. The van der Waals surface area contributed by atoms with Gasteiger partial charge < -0.3 is 9.32 Å². The number of para-hydroxylation sites is 1. The van der Waals surface area contributed by atoms with Gasteiger partial charge in [-0.3, -0.25) is 0 Å². The van der Waals surface area contributed by atoms with E-state index >= 15 is 0 Å². The van der Waals surface area contributed by atoms with Gasteiger partial charge in [-0.1, -0.05) is 41.9 Å². The molecule has 1 aromatic heterocycles. The van der Waals surface area contributed by atoms with E-state index in [1.807, 2.05) is 42.5 Å². The fraction of sp³-hybridized carbons (Fsp3) is 0.176. The number of rotatable bonds is 5. The normalized spacial score (nSPS) is 10.6. The molecule has 0 aliphatic carbocycles. The molecule has 0 bridgehead atoms. The molecule has 22 heavy (non-hydrogen) atoms. The molecular formula is C17H16ClN3O. The number of aromatic nitrogens is 2. The van der Waals surface area contributed by atoms with Crippen molar-refractivity contribution in [1.29, 1.82) is 0 Å². The summed E-state index contributed by atoms with van der Waals surface area (Å²) in [7, 11) is 0. The average Bonchev–Trinajstić information content (AvgIpc) is 3.02. The molecule has 2 aromatic carbocycles. The summed E-state index contributed by atoms with van der Waals surface area (Å²) in [6.07, 6.45) is 0. The van der Waals surface area contributed by atoms with Gasteiger partial charge in [-0.05, 0) is 31.2 Å². The molecule has 0 aliphatic rings. The Morgan fingerprint density at radius 1 is 1.00 bits per heavy atom. The van der Waals surface area contributed by atoms with Crippen molar-refractivity contribution in [3.8, 4) is 11.5 Å². The first kappa shape index (κ1) is 14.6. The summed E-state index contributed by atoms with van der Waals surface area (Å²) < 4.78 is 5.76. The minimum Gasteiger partial charge on any atom is -0.419 e. The molecule has 0 atom stereocenters. The molecular weight excluding hydrogens is 298 g/mol. The Bertz CT molecular complexity index is 742. The minimum atomic E-state index is 0.449. The maximum absolute atomic E-state index is 6.16. The molecule has 0 aliphatic heterocycles. The molecule has 112 valence electrons. The molecule has 3 aromatic rings. The van der Waals surface area contributed by atoms with Crippen LogP contribution in [0, 0.1) is 0 Å². The largest absolute Gasteiger partial charge is 0.419 e. The van der Waals surface area contributed by atoms with Crippen LogP contribution < -0.4 is 4.90 Å². The summed E-state index contributed by atoms with van der Waals surface area (Å²) in [6, 6.07) is 17.6. The third-order valence-corrected chi connectivity index (χ3v) is 3.73. The second-order valence-electron chi connectivity index (χ2n) is 4.83. The Morgan fingerprint density at radius 2 is 1.73 bits per heavy atom. The lowest BCUT2D eigenvalue weighted by atomic mass is 10.2. The highest BCUT2D eigenvalue weighted by Crippen LogP contribution is 2.26. The minimum absolute atomic E-state index is 0.449. The van der Waals surface area contributed by atoms with Gasteiger partial charge in [-0.2, -0.15) is 0 Å². The Balaban J connectivity index is 1.81. The first-order chi connectivity index (χ1) is 10.8. The number of benzene rings is 2. The van der Waals surface area contributed by atoms with Crippen LogP contribution in [0.15, 0.2) is 59.0 Å². The fourth-order valence-electron chi connectivity index (χ4n) is 2.25. The van der Waals surface area contributed by atoms with Gasteiger partial charge in [-0.25, -0.2) is 0 Å². The molecule has 0 spiro atoms. The standard InChI is InChI=1S/C17H16ClN3O/c1-2-21(13-8-4-3-5-9-13)12-16-19-20-17(22-16)14-10-6-7-11-15(14)18/h3-11H,2,12H2,1H3. The molecule has 0 radical (unpaired) electrons. The molecule has 3 rings (SSSR count). The van der Waals surface area contributed by atoms with Gasteiger partial charge in [0.15, 0.2) is 0 Å². The number of hydrogen-bond acceptors (Lipinski definition) is 4. The van der Waals surface area contributed by atoms with E-state index < -0.39 is 0 Å². The SMILES string of the molecule is CCN(Cc1nnc(-c2ccccc2Cl)o1)c1ccccc1. The third kappa shape index (κ3) is 3.12. The van der Waals surface area contributed by atoms with Gasteiger partial charge in [0.2, 0.25) is 11.8 Å². The maximum atomic E-state index is 6.16. The smallest absolute Gasteiger partial charge is 0.249 e. The lowest BCUT2D eigenvalue weighted by Crippen LogP contribution is -2.22. The van der Waals surface area contributed by atoms with Crippen LogP contribution in [-0.2, 0) is 6.54 Å². The first-order valence-corrected chi connectivity index (χ1v) is 7.53. The van der Waals surface area contributed by atoms with Crippen molar-refractivity contribution >= 4 is 17.3 Å². The van der Waals surface area contributed by atoms with Crippen LogP contribution in [0.2, 0.25) is 5.02 Å². The molecule has 5 heteroatoms. The molecule has 0 N–H and O–H groups in total. The maximum Gasteiger partial charge on any atom is 0.249 e. The van der Waals surface area contributed by atoms with Crippen LogP contribution in [0.4, 0.5) is 5.69 Å². The summed E-state index contributed by atoms with van der Waals surface area (Å²) in [5, 5.41) is 8.84. The van der Waals surface area contributed by atoms with Gasteiger partial charge in [0.1, 0.15) is 0 Å². The van der Waals surface area contributed by atoms with Crippen molar-refractivity contribution in [2.75, 3.05) is 11.4 Å². The second-order valence-corrected chi connectivity index (χ2v) is 5.24. The zero-order valence-electron chi connectivity index (χ0n) is 12.2. The summed E-state index contributed by atoms with van der Waals surface area (Å²) in [4.78, 5) is 2.17. The number of halogens is 1. The van der Waals surface area contributed by atoms with Gasteiger partial charge >= 0.3 is 0 Å². The van der Waals surface area contributed by atoms with Crippen molar-refractivity contribution in [2.24, 2.45) is 0 Å². The van der Waals surface area contributed by atoms with Crippen LogP contribution >= 0.6 is 11.6 Å². The molecule has 0 unspecified atom stereocenters. The van der Waals surface area contributed by atoms with E-state index in [9.17, 15) is 0 Å². The van der Waals surface area contributed by atoms with Gasteiger partial charge in [0.05, 0.1) is 17.1 Å². The van der Waals surface area contributed by atoms with Crippen LogP contribution in [0.1, 0.15) is 12.8 Å². The molecule has 0 amide bonds. The van der Waals surface area contributed by atoms with Gasteiger partial charge in [-0.15, -0.1) is 10.2 Å². The summed E-state index contributed by atoms with van der Waals surface area (Å²) in [6.45, 7) is 3.52. The molecule has 0 saturated heterocycles. The van der Waals surface area contributed by atoms with Crippen molar-refractivity contribution < 1.29 is 4.42 Å². The summed E-state index contributed by atoms with van der Waals surface area (Å²) in [5.74, 6) is 1.02. The fourth-order valence-corrected chi connectivity index (χ4v) is 2.47. The highest BCUT2D eigenvalue weighted by molar-refractivity contribution is 6.33. The van der Waals surface area contributed by atoms with Crippen molar-refractivity contribution in [1.82, 2.24) is 10.2 Å². The predicted octanol–water partition coefficient (Wildman–Crippen LogP) is 4.42. The van der Waals surface area contributed by atoms with Crippen molar-refractivity contribution in [3.63, 3.8) is 0 Å². The Kier molecular flexibility index (Phi) is 4.39.